The molecular weight excluding hydrogens is 296 g/mol. The molecule has 2 amide bonds. The normalized spacial score (nSPS) is 11.3. The maximum Gasteiger partial charge on any atom is 0.223 e. The van der Waals surface area contributed by atoms with Gasteiger partial charge in [0.25, 0.3) is 0 Å². The van der Waals surface area contributed by atoms with E-state index in [9.17, 15) is 14.4 Å². The van der Waals surface area contributed by atoms with E-state index in [2.05, 4.69) is 17.2 Å². The van der Waals surface area contributed by atoms with Crippen molar-refractivity contribution in [2.24, 2.45) is 11.1 Å². The van der Waals surface area contributed by atoms with Crippen LogP contribution in [0.1, 0.15) is 53.9 Å². The summed E-state index contributed by atoms with van der Waals surface area (Å²) in [5.74, 6) is 4.07. The summed E-state index contributed by atoms with van der Waals surface area (Å²) >= 11 is 0. The third-order valence-electron chi connectivity index (χ3n) is 3.44. The van der Waals surface area contributed by atoms with Crippen LogP contribution in [0, 0.1) is 17.3 Å². The smallest absolute Gasteiger partial charge is 0.223 e. The number of nitrogens with one attached hydrogen (secondary N) is 1. The summed E-state index contributed by atoms with van der Waals surface area (Å²) in [7, 11) is 0. The molecule has 0 rings (SSSR count). The van der Waals surface area contributed by atoms with E-state index in [4.69, 9.17) is 10.5 Å². The number of carbonyl (C=O) groups excluding carboxylic acids is 3. The van der Waals surface area contributed by atoms with Crippen molar-refractivity contribution >= 4 is 17.6 Å². The molecule has 0 aliphatic heterocycles. The zero-order chi connectivity index (χ0) is 18.1. The zero-order valence-electron chi connectivity index (χ0n) is 14.7. The van der Waals surface area contributed by atoms with Gasteiger partial charge in [0.2, 0.25) is 17.6 Å². The predicted octanol–water partition coefficient (Wildman–Crippen LogP) is 1.17. The number of nitrogens with two attached hydrogens (primary N) is 1. The monoisotopic (exact) mass is 324 g/mol. The summed E-state index contributed by atoms with van der Waals surface area (Å²) in [5.41, 5.74) is 4.11. The van der Waals surface area contributed by atoms with Crippen molar-refractivity contribution < 1.29 is 19.1 Å². The van der Waals surface area contributed by atoms with Crippen LogP contribution in [0.15, 0.2) is 0 Å². The van der Waals surface area contributed by atoms with Gasteiger partial charge in [0.1, 0.15) is 0 Å². The highest BCUT2D eigenvalue weighted by atomic mass is 16.5. The van der Waals surface area contributed by atoms with Crippen molar-refractivity contribution in [3.63, 3.8) is 0 Å². The summed E-state index contributed by atoms with van der Waals surface area (Å²) < 4.78 is 5.72. The second-order valence-electron chi connectivity index (χ2n) is 6.68. The Hall–Kier alpha value is -1.87. The van der Waals surface area contributed by atoms with Crippen LogP contribution in [0.5, 0.6) is 0 Å². The van der Waals surface area contributed by atoms with Crippen molar-refractivity contribution in [1.29, 1.82) is 0 Å². The van der Waals surface area contributed by atoms with Gasteiger partial charge in [-0.25, -0.2) is 0 Å². The number of hydrogen-bond donors (Lipinski definition) is 2. The molecule has 0 aliphatic carbocycles. The van der Waals surface area contributed by atoms with Crippen LogP contribution in [0.25, 0.3) is 0 Å². The molecule has 0 saturated carbocycles. The topological polar surface area (TPSA) is 98.5 Å². The summed E-state index contributed by atoms with van der Waals surface area (Å²) in [6, 6.07) is 0. The molecule has 130 valence electrons. The number of carbonyl (C=O) groups is 3. The van der Waals surface area contributed by atoms with E-state index in [1.807, 2.05) is 13.8 Å². The molecular formula is C17H28N2O4. The average molecular weight is 324 g/mol. The van der Waals surface area contributed by atoms with E-state index in [1.165, 1.54) is 0 Å². The van der Waals surface area contributed by atoms with Crippen molar-refractivity contribution in [2.45, 2.75) is 59.5 Å². The number of amides is 2. The molecule has 0 saturated heterocycles. The lowest BCUT2D eigenvalue weighted by atomic mass is 9.89. The molecule has 6 nitrogen and oxygen atoms in total. The number of primary amides is 1. The summed E-state index contributed by atoms with van der Waals surface area (Å²) in [6.45, 7) is 9.49. The first-order valence-electron chi connectivity index (χ1n) is 7.66. The van der Waals surface area contributed by atoms with Crippen LogP contribution in [-0.2, 0) is 19.1 Å². The van der Waals surface area contributed by atoms with Gasteiger partial charge < -0.3 is 15.8 Å². The van der Waals surface area contributed by atoms with Crippen LogP contribution in [-0.4, -0.2) is 36.4 Å². The minimum Gasteiger partial charge on any atom is -0.374 e. The molecule has 0 aromatic rings. The fraction of sp³-hybridized carbons (Fsp3) is 0.706. The van der Waals surface area contributed by atoms with E-state index in [1.54, 1.807) is 20.8 Å². The lowest BCUT2D eigenvalue weighted by molar-refractivity contribution is -0.128. The molecule has 0 atom stereocenters. The minimum absolute atomic E-state index is 0.109. The van der Waals surface area contributed by atoms with Crippen molar-refractivity contribution in [3.05, 3.63) is 0 Å². The average Bonchev–Trinajstić information content (AvgIpc) is 2.42. The Labute approximate surface area is 138 Å². The van der Waals surface area contributed by atoms with E-state index in [0.717, 1.165) is 0 Å². The summed E-state index contributed by atoms with van der Waals surface area (Å²) in [5, 5.41) is 2.73. The molecule has 0 heterocycles. The van der Waals surface area contributed by atoms with Crippen LogP contribution in [0.2, 0.25) is 0 Å². The molecule has 0 spiro atoms. The molecule has 0 fully saturated rings. The molecule has 0 unspecified atom stereocenters. The fourth-order valence-corrected chi connectivity index (χ4v) is 1.59. The molecule has 3 N–H and O–H groups in total. The number of ketones is 1. The third kappa shape index (κ3) is 9.69. The highest BCUT2D eigenvalue weighted by Gasteiger charge is 2.26. The largest absolute Gasteiger partial charge is 0.374 e. The Morgan fingerprint density at radius 1 is 1.13 bits per heavy atom. The van der Waals surface area contributed by atoms with Gasteiger partial charge in [0.05, 0.1) is 5.60 Å². The molecule has 0 aromatic carbocycles. The van der Waals surface area contributed by atoms with E-state index in [0.29, 0.717) is 19.6 Å². The Kier molecular flexibility index (Phi) is 8.55. The molecule has 6 heteroatoms. The van der Waals surface area contributed by atoms with Gasteiger partial charge in [0, 0.05) is 31.4 Å². The first kappa shape index (κ1) is 21.1. The van der Waals surface area contributed by atoms with Crippen molar-refractivity contribution in [3.8, 4) is 11.8 Å². The molecule has 0 aromatic heterocycles. The highest BCUT2D eigenvalue weighted by molar-refractivity contribution is 5.97. The number of ether oxygens (including phenoxy) is 1. The maximum atomic E-state index is 11.7. The number of Topliss-reactive ketones (excluding diaryl/α,β-unsaturated/α-hetero) is 1. The van der Waals surface area contributed by atoms with E-state index >= 15 is 0 Å². The van der Waals surface area contributed by atoms with Gasteiger partial charge in [-0.2, -0.15) is 0 Å². The Morgan fingerprint density at radius 2 is 1.74 bits per heavy atom. The van der Waals surface area contributed by atoms with Crippen LogP contribution in [0.4, 0.5) is 0 Å². The first-order chi connectivity index (χ1) is 10.5. The van der Waals surface area contributed by atoms with Gasteiger partial charge in [-0.05, 0) is 33.1 Å². The fourth-order valence-electron chi connectivity index (χ4n) is 1.59. The van der Waals surface area contributed by atoms with Gasteiger partial charge >= 0.3 is 0 Å². The van der Waals surface area contributed by atoms with Gasteiger partial charge in [-0.15, -0.1) is 0 Å². The molecule has 0 radical (unpaired) electrons. The zero-order valence-corrected chi connectivity index (χ0v) is 14.7. The maximum absolute atomic E-state index is 11.7. The van der Waals surface area contributed by atoms with Gasteiger partial charge in [-0.3, -0.25) is 14.4 Å². The highest BCUT2D eigenvalue weighted by Crippen LogP contribution is 2.21. The summed E-state index contributed by atoms with van der Waals surface area (Å²) in [6.07, 6.45) is 0.725. The van der Waals surface area contributed by atoms with Crippen molar-refractivity contribution in [1.82, 2.24) is 5.32 Å². The lowest BCUT2D eigenvalue weighted by Gasteiger charge is -2.28. The van der Waals surface area contributed by atoms with Crippen molar-refractivity contribution in [2.75, 3.05) is 13.2 Å². The lowest BCUT2D eigenvalue weighted by Crippen LogP contribution is -2.41. The van der Waals surface area contributed by atoms with Crippen LogP contribution >= 0.6 is 0 Å². The third-order valence-corrected chi connectivity index (χ3v) is 3.44. The number of hydrogen-bond acceptors (Lipinski definition) is 4. The van der Waals surface area contributed by atoms with Gasteiger partial charge in [0.15, 0.2) is 0 Å². The molecule has 0 aliphatic rings. The van der Waals surface area contributed by atoms with E-state index < -0.39 is 11.0 Å². The first-order valence-corrected chi connectivity index (χ1v) is 7.66. The minimum atomic E-state index is -0.625. The number of rotatable bonds is 10. The molecule has 0 bridgehead atoms. The van der Waals surface area contributed by atoms with Gasteiger partial charge in [-0.1, -0.05) is 19.8 Å². The SMILES string of the molecule is CC#CC(=O)CCC(=O)NCC(C)(C)OCCC(C)(C)C(N)=O. The molecule has 23 heavy (non-hydrogen) atoms. The predicted molar refractivity (Wildman–Crippen MR) is 88.3 cm³/mol. The Morgan fingerprint density at radius 3 is 2.26 bits per heavy atom. The van der Waals surface area contributed by atoms with Crippen LogP contribution in [0.3, 0.4) is 0 Å². The standard InChI is InChI=1S/C17H28N2O4/c1-6-7-13(20)8-9-14(21)19-12-17(4,5)23-11-10-16(2,3)15(18)22/h8-12H2,1-5H3,(H2,18,22)(H,19,21). The van der Waals surface area contributed by atoms with Crippen LogP contribution < -0.4 is 11.1 Å². The Balaban J connectivity index is 4.12. The Bertz CT molecular complexity index is 498. The quantitative estimate of drug-likeness (QED) is 0.465. The second kappa shape index (κ2) is 9.31. The second-order valence-corrected chi connectivity index (χ2v) is 6.68. The summed E-state index contributed by atoms with van der Waals surface area (Å²) in [4.78, 5) is 34.2. The van der Waals surface area contributed by atoms with E-state index in [-0.39, 0.29) is 30.4 Å².